The summed E-state index contributed by atoms with van der Waals surface area (Å²) in [5.74, 6) is -0.573. The van der Waals surface area contributed by atoms with Gasteiger partial charge in [0, 0.05) is 13.1 Å². The van der Waals surface area contributed by atoms with Crippen LogP contribution in [0.25, 0.3) is 0 Å². The Morgan fingerprint density at radius 2 is 2.05 bits per heavy atom. The van der Waals surface area contributed by atoms with Crippen LogP contribution in [0.2, 0.25) is 0 Å². The Morgan fingerprint density at radius 1 is 1.30 bits per heavy atom. The van der Waals surface area contributed by atoms with E-state index in [4.69, 9.17) is 14.6 Å². The molecule has 0 aromatic heterocycles. The molecule has 1 N–H and O–H groups in total. The van der Waals surface area contributed by atoms with Crippen LogP contribution in [0.3, 0.4) is 0 Å². The Morgan fingerprint density at radius 3 is 2.60 bits per heavy atom. The molecule has 1 aliphatic heterocycles. The molecule has 0 bridgehead atoms. The number of likely N-dealkylation sites (tertiary alicyclic amines) is 1. The molecular formula is C14H17NO5. The average Bonchev–Trinajstić information content (AvgIpc) is 2.95. The molecule has 1 aromatic carbocycles. The number of aliphatic carboxylic acids is 1. The molecule has 0 spiro atoms. The summed E-state index contributed by atoms with van der Waals surface area (Å²) in [6.45, 7) is 0.671. The summed E-state index contributed by atoms with van der Waals surface area (Å²) < 4.78 is 10.3. The zero-order chi connectivity index (χ0) is 14.7. The van der Waals surface area contributed by atoms with Gasteiger partial charge in [-0.05, 0) is 24.6 Å². The highest BCUT2D eigenvalue weighted by atomic mass is 16.5. The van der Waals surface area contributed by atoms with Crippen LogP contribution < -0.4 is 9.47 Å². The molecule has 6 nitrogen and oxygen atoms in total. The number of nitrogens with zero attached hydrogens (tertiary/aromatic N) is 1. The third kappa shape index (κ3) is 2.68. The van der Waals surface area contributed by atoms with Crippen molar-refractivity contribution in [3.63, 3.8) is 0 Å². The molecule has 0 radical (unpaired) electrons. The minimum atomic E-state index is -0.863. The average molecular weight is 279 g/mol. The van der Waals surface area contributed by atoms with Crippen LogP contribution >= 0.6 is 0 Å². The molecular weight excluding hydrogens is 262 g/mol. The Balaban J connectivity index is 2.23. The van der Waals surface area contributed by atoms with Gasteiger partial charge >= 0.3 is 5.97 Å². The highest BCUT2D eigenvalue weighted by molar-refractivity contribution is 5.97. The lowest BCUT2D eigenvalue weighted by Gasteiger charge is -2.18. The first-order chi connectivity index (χ1) is 9.56. The number of ether oxygens (including phenoxy) is 2. The normalized spacial score (nSPS) is 17.9. The standard InChI is InChI=1S/C14H17NO5/c1-19-10-3-4-12(20-2)11(7-10)13(16)15-6-5-9(8-15)14(17)18/h3-4,7,9H,5-6,8H2,1-2H3,(H,17,18). The second kappa shape index (κ2) is 5.81. The van der Waals surface area contributed by atoms with E-state index >= 15 is 0 Å². The molecule has 2 rings (SSSR count). The fourth-order valence-electron chi connectivity index (χ4n) is 2.30. The predicted molar refractivity (Wildman–Crippen MR) is 71.2 cm³/mol. The van der Waals surface area contributed by atoms with E-state index in [1.165, 1.54) is 19.1 Å². The molecule has 1 unspecified atom stereocenters. The number of rotatable bonds is 4. The zero-order valence-corrected chi connectivity index (χ0v) is 11.5. The first-order valence-electron chi connectivity index (χ1n) is 6.31. The van der Waals surface area contributed by atoms with E-state index in [1.54, 1.807) is 18.2 Å². The number of benzene rings is 1. The monoisotopic (exact) mass is 279 g/mol. The summed E-state index contributed by atoms with van der Waals surface area (Å²) >= 11 is 0. The quantitative estimate of drug-likeness (QED) is 0.897. The lowest BCUT2D eigenvalue weighted by molar-refractivity contribution is -0.141. The van der Waals surface area contributed by atoms with Crippen molar-refractivity contribution in [1.29, 1.82) is 0 Å². The number of carbonyl (C=O) groups excluding carboxylic acids is 1. The van der Waals surface area contributed by atoms with Crippen molar-refractivity contribution in [3.8, 4) is 11.5 Å². The van der Waals surface area contributed by atoms with Gasteiger partial charge < -0.3 is 19.5 Å². The van der Waals surface area contributed by atoms with Crippen LogP contribution in [-0.4, -0.2) is 49.2 Å². The third-order valence-corrected chi connectivity index (χ3v) is 3.46. The number of carboxylic acid groups (broad SMARTS) is 1. The minimum Gasteiger partial charge on any atom is -0.497 e. The molecule has 1 fully saturated rings. The molecule has 6 heteroatoms. The van der Waals surface area contributed by atoms with E-state index in [0.717, 1.165) is 0 Å². The van der Waals surface area contributed by atoms with Gasteiger partial charge in [0.15, 0.2) is 0 Å². The van der Waals surface area contributed by atoms with Crippen molar-refractivity contribution < 1.29 is 24.2 Å². The Hall–Kier alpha value is -2.24. The molecule has 0 aliphatic carbocycles. The van der Waals surface area contributed by atoms with Crippen LogP contribution in [0.4, 0.5) is 0 Å². The SMILES string of the molecule is COc1ccc(OC)c(C(=O)N2CCC(C(=O)O)C2)c1. The maximum atomic E-state index is 12.5. The highest BCUT2D eigenvalue weighted by Gasteiger charge is 2.32. The number of hydrogen-bond donors (Lipinski definition) is 1. The van der Waals surface area contributed by atoms with Gasteiger partial charge in [0.05, 0.1) is 25.7 Å². The van der Waals surface area contributed by atoms with Gasteiger partial charge in [0.1, 0.15) is 11.5 Å². The number of methoxy groups -OCH3 is 2. The van der Waals surface area contributed by atoms with E-state index in [-0.39, 0.29) is 12.5 Å². The molecule has 1 heterocycles. The lowest BCUT2D eigenvalue weighted by Crippen LogP contribution is -2.30. The van der Waals surface area contributed by atoms with Gasteiger partial charge in [-0.3, -0.25) is 9.59 Å². The molecule has 108 valence electrons. The topological polar surface area (TPSA) is 76.1 Å². The minimum absolute atomic E-state index is 0.231. The molecule has 1 aliphatic rings. The van der Waals surface area contributed by atoms with Crippen molar-refractivity contribution >= 4 is 11.9 Å². The Bertz CT molecular complexity index is 528. The second-order valence-electron chi connectivity index (χ2n) is 4.64. The maximum Gasteiger partial charge on any atom is 0.308 e. The van der Waals surface area contributed by atoms with E-state index < -0.39 is 11.9 Å². The van der Waals surface area contributed by atoms with Crippen LogP contribution in [-0.2, 0) is 4.79 Å². The predicted octanol–water partition coefficient (Wildman–Crippen LogP) is 1.25. The number of hydrogen-bond acceptors (Lipinski definition) is 4. The van der Waals surface area contributed by atoms with Crippen molar-refractivity contribution in [1.82, 2.24) is 4.90 Å². The summed E-state index contributed by atoms with van der Waals surface area (Å²) in [5, 5.41) is 8.98. The van der Waals surface area contributed by atoms with Crippen LogP contribution in [0.5, 0.6) is 11.5 Å². The van der Waals surface area contributed by atoms with E-state index in [2.05, 4.69) is 0 Å². The van der Waals surface area contributed by atoms with Crippen molar-refractivity contribution in [2.45, 2.75) is 6.42 Å². The largest absolute Gasteiger partial charge is 0.497 e. The smallest absolute Gasteiger partial charge is 0.308 e. The molecule has 1 atom stereocenters. The van der Waals surface area contributed by atoms with Crippen molar-refractivity contribution in [3.05, 3.63) is 23.8 Å². The van der Waals surface area contributed by atoms with Crippen LogP contribution in [0.1, 0.15) is 16.8 Å². The number of carbonyl (C=O) groups is 2. The van der Waals surface area contributed by atoms with E-state index in [1.807, 2.05) is 0 Å². The molecule has 1 amide bonds. The maximum absolute atomic E-state index is 12.5. The third-order valence-electron chi connectivity index (χ3n) is 3.46. The lowest BCUT2D eigenvalue weighted by atomic mass is 10.1. The van der Waals surface area contributed by atoms with Gasteiger partial charge in [-0.1, -0.05) is 0 Å². The fourth-order valence-corrected chi connectivity index (χ4v) is 2.30. The van der Waals surface area contributed by atoms with E-state index in [0.29, 0.717) is 30.0 Å². The van der Waals surface area contributed by atoms with Crippen molar-refractivity contribution in [2.24, 2.45) is 5.92 Å². The number of amides is 1. The zero-order valence-electron chi connectivity index (χ0n) is 11.5. The summed E-state index contributed by atoms with van der Waals surface area (Å²) in [6, 6.07) is 4.98. The first kappa shape index (κ1) is 14.2. The second-order valence-corrected chi connectivity index (χ2v) is 4.64. The Labute approximate surface area is 116 Å². The molecule has 0 saturated carbocycles. The number of carboxylic acids is 1. The van der Waals surface area contributed by atoms with Crippen LogP contribution in [0.15, 0.2) is 18.2 Å². The summed E-state index contributed by atoms with van der Waals surface area (Å²) in [4.78, 5) is 24.9. The van der Waals surface area contributed by atoms with Gasteiger partial charge in [0.25, 0.3) is 5.91 Å². The summed E-state index contributed by atoms with van der Waals surface area (Å²) in [7, 11) is 3.01. The van der Waals surface area contributed by atoms with Crippen molar-refractivity contribution in [2.75, 3.05) is 27.3 Å². The van der Waals surface area contributed by atoms with Gasteiger partial charge in [-0.2, -0.15) is 0 Å². The Kier molecular flexibility index (Phi) is 4.12. The summed E-state index contributed by atoms with van der Waals surface area (Å²) in [6.07, 6.45) is 0.480. The first-order valence-corrected chi connectivity index (χ1v) is 6.31. The molecule has 20 heavy (non-hydrogen) atoms. The van der Waals surface area contributed by atoms with E-state index in [9.17, 15) is 9.59 Å². The molecule has 1 saturated heterocycles. The summed E-state index contributed by atoms with van der Waals surface area (Å²) in [5.41, 5.74) is 0.387. The van der Waals surface area contributed by atoms with Gasteiger partial charge in [0.2, 0.25) is 0 Å². The van der Waals surface area contributed by atoms with Gasteiger partial charge in [-0.25, -0.2) is 0 Å². The van der Waals surface area contributed by atoms with Gasteiger partial charge in [-0.15, -0.1) is 0 Å². The highest BCUT2D eigenvalue weighted by Crippen LogP contribution is 2.27. The molecule has 1 aromatic rings. The fraction of sp³-hybridized carbons (Fsp3) is 0.429. The van der Waals surface area contributed by atoms with Crippen LogP contribution in [0, 0.1) is 5.92 Å².